The van der Waals surface area contributed by atoms with E-state index < -0.39 is 0 Å². The van der Waals surface area contributed by atoms with Gasteiger partial charge in [-0.25, -0.2) is 9.97 Å². The van der Waals surface area contributed by atoms with Crippen LogP contribution < -0.4 is 10.5 Å². The minimum atomic E-state index is 0.148. The van der Waals surface area contributed by atoms with Crippen LogP contribution in [0.25, 0.3) is 11.3 Å². The Morgan fingerprint density at radius 3 is 2.37 bits per heavy atom. The minimum Gasteiger partial charge on any atom is -0.497 e. The van der Waals surface area contributed by atoms with E-state index in [0.29, 0.717) is 11.3 Å². The van der Waals surface area contributed by atoms with Gasteiger partial charge in [0.05, 0.1) is 24.6 Å². The van der Waals surface area contributed by atoms with Crippen LogP contribution in [0.1, 0.15) is 19.4 Å². The quantitative estimate of drug-likeness (QED) is 0.892. The lowest BCUT2D eigenvalue weighted by atomic mass is 10.1. The van der Waals surface area contributed by atoms with Crippen molar-refractivity contribution in [3.8, 4) is 23.1 Å². The number of methoxy groups -OCH3 is 1. The highest BCUT2D eigenvalue weighted by Gasteiger charge is 2.08. The first-order valence-corrected chi connectivity index (χ1v) is 5.91. The van der Waals surface area contributed by atoms with Gasteiger partial charge in [0.2, 0.25) is 5.95 Å². The highest BCUT2D eigenvalue weighted by molar-refractivity contribution is 5.67. The molecule has 2 rings (SSSR count). The van der Waals surface area contributed by atoms with E-state index in [2.05, 4.69) is 9.97 Å². The van der Waals surface area contributed by atoms with Crippen LogP contribution in [-0.4, -0.2) is 17.1 Å². The Balaban J connectivity index is 0.000000861. The molecular formula is C14H16N4O. The molecule has 2 N–H and O–H groups in total. The van der Waals surface area contributed by atoms with Crippen molar-refractivity contribution in [3.05, 3.63) is 36.0 Å². The average Bonchev–Trinajstić information content (AvgIpc) is 2.49. The maximum Gasteiger partial charge on any atom is 0.220 e. The number of benzene rings is 1. The van der Waals surface area contributed by atoms with Crippen molar-refractivity contribution >= 4 is 5.95 Å². The first-order valence-electron chi connectivity index (χ1n) is 5.91. The molecule has 0 aliphatic heterocycles. The molecule has 0 unspecified atom stereocenters. The van der Waals surface area contributed by atoms with Crippen LogP contribution in [0.15, 0.2) is 30.5 Å². The van der Waals surface area contributed by atoms with Crippen molar-refractivity contribution in [3.63, 3.8) is 0 Å². The van der Waals surface area contributed by atoms with Gasteiger partial charge in [-0.1, -0.05) is 13.8 Å². The highest BCUT2D eigenvalue weighted by atomic mass is 16.5. The maximum atomic E-state index is 8.98. The zero-order valence-electron chi connectivity index (χ0n) is 11.2. The molecule has 0 radical (unpaired) electrons. The van der Waals surface area contributed by atoms with Crippen molar-refractivity contribution < 1.29 is 4.74 Å². The summed E-state index contributed by atoms with van der Waals surface area (Å²) in [5.41, 5.74) is 7.24. The van der Waals surface area contributed by atoms with Crippen LogP contribution in [0.3, 0.4) is 0 Å². The topological polar surface area (TPSA) is 84.8 Å². The zero-order chi connectivity index (χ0) is 14.3. The second-order valence-electron chi connectivity index (χ2n) is 3.33. The van der Waals surface area contributed by atoms with E-state index in [1.807, 2.05) is 32.0 Å². The molecule has 0 bridgehead atoms. The second kappa shape index (κ2) is 6.97. The summed E-state index contributed by atoms with van der Waals surface area (Å²) in [6.45, 7) is 4.00. The van der Waals surface area contributed by atoms with Gasteiger partial charge in [-0.15, -0.1) is 0 Å². The lowest BCUT2D eigenvalue weighted by molar-refractivity contribution is 0.415. The van der Waals surface area contributed by atoms with Crippen LogP contribution in [0.5, 0.6) is 5.75 Å². The zero-order valence-corrected chi connectivity index (χ0v) is 11.2. The largest absolute Gasteiger partial charge is 0.497 e. The SMILES string of the molecule is CC.COc1ccc(-c2nc(N)ncc2C#N)cc1. The minimum absolute atomic E-state index is 0.148. The molecule has 0 aliphatic carbocycles. The number of aromatic nitrogens is 2. The van der Waals surface area contributed by atoms with E-state index in [9.17, 15) is 0 Å². The molecule has 0 atom stereocenters. The maximum absolute atomic E-state index is 8.98. The number of anilines is 1. The number of nitrogen functional groups attached to an aromatic ring is 1. The first-order chi connectivity index (χ1) is 9.24. The molecule has 0 spiro atoms. The molecule has 0 saturated carbocycles. The Kier molecular flexibility index (Phi) is 5.30. The Bertz CT molecular complexity index is 573. The summed E-state index contributed by atoms with van der Waals surface area (Å²) >= 11 is 0. The fourth-order valence-electron chi connectivity index (χ4n) is 1.45. The molecule has 1 aromatic heterocycles. The average molecular weight is 256 g/mol. The second-order valence-corrected chi connectivity index (χ2v) is 3.33. The molecule has 0 saturated heterocycles. The summed E-state index contributed by atoms with van der Waals surface area (Å²) in [5.74, 6) is 0.893. The van der Waals surface area contributed by atoms with Gasteiger partial charge in [-0.3, -0.25) is 0 Å². The predicted octanol–water partition coefficient (Wildman–Crippen LogP) is 2.63. The third kappa shape index (κ3) is 3.42. The van der Waals surface area contributed by atoms with E-state index in [4.69, 9.17) is 15.7 Å². The van der Waals surface area contributed by atoms with Gasteiger partial charge in [-0.05, 0) is 24.3 Å². The number of rotatable bonds is 2. The van der Waals surface area contributed by atoms with E-state index in [0.717, 1.165) is 11.3 Å². The van der Waals surface area contributed by atoms with E-state index >= 15 is 0 Å². The summed E-state index contributed by atoms with van der Waals surface area (Å²) in [5, 5.41) is 8.98. The number of ether oxygens (including phenoxy) is 1. The molecule has 5 heteroatoms. The van der Waals surface area contributed by atoms with E-state index in [-0.39, 0.29) is 5.95 Å². The fourth-order valence-corrected chi connectivity index (χ4v) is 1.45. The fraction of sp³-hybridized carbons (Fsp3) is 0.214. The molecule has 0 fully saturated rings. The Labute approximate surface area is 112 Å². The lowest BCUT2D eigenvalue weighted by Gasteiger charge is -2.05. The third-order valence-corrected chi connectivity index (χ3v) is 2.29. The van der Waals surface area contributed by atoms with Crippen LogP contribution in [0.2, 0.25) is 0 Å². The van der Waals surface area contributed by atoms with Gasteiger partial charge in [-0.2, -0.15) is 5.26 Å². The van der Waals surface area contributed by atoms with Gasteiger partial charge in [0, 0.05) is 5.56 Å². The van der Waals surface area contributed by atoms with E-state index in [1.54, 1.807) is 19.2 Å². The van der Waals surface area contributed by atoms with Gasteiger partial charge in [0.15, 0.2) is 0 Å². The van der Waals surface area contributed by atoms with Crippen molar-refractivity contribution in [1.82, 2.24) is 9.97 Å². The van der Waals surface area contributed by atoms with Gasteiger partial charge < -0.3 is 10.5 Å². The van der Waals surface area contributed by atoms with Gasteiger partial charge >= 0.3 is 0 Å². The van der Waals surface area contributed by atoms with Crippen LogP contribution in [0, 0.1) is 11.3 Å². The molecule has 98 valence electrons. The monoisotopic (exact) mass is 256 g/mol. The standard InChI is InChI=1S/C12H10N4O.C2H6/c1-17-10-4-2-8(3-5-10)11-9(6-13)7-15-12(14)16-11;1-2/h2-5,7H,1H3,(H2,14,15,16);1-2H3. The Hall–Kier alpha value is -2.61. The molecule has 2 aromatic rings. The normalized spacial score (nSPS) is 8.95. The Morgan fingerprint density at radius 1 is 1.21 bits per heavy atom. The molecular weight excluding hydrogens is 240 g/mol. The number of nitrogens with two attached hydrogens (primary N) is 1. The molecule has 19 heavy (non-hydrogen) atoms. The number of nitrogens with zero attached hydrogens (tertiary/aromatic N) is 3. The molecule has 1 heterocycles. The summed E-state index contributed by atoms with van der Waals surface area (Å²) in [7, 11) is 1.60. The number of hydrogen-bond donors (Lipinski definition) is 1. The third-order valence-electron chi connectivity index (χ3n) is 2.29. The predicted molar refractivity (Wildman–Crippen MR) is 74.5 cm³/mol. The van der Waals surface area contributed by atoms with Crippen molar-refractivity contribution in [2.45, 2.75) is 13.8 Å². The van der Waals surface area contributed by atoms with Crippen LogP contribution in [-0.2, 0) is 0 Å². The van der Waals surface area contributed by atoms with Gasteiger partial charge in [0.1, 0.15) is 11.8 Å². The molecule has 1 aromatic carbocycles. The smallest absolute Gasteiger partial charge is 0.220 e. The summed E-state index contributed by atoms with van der Waals surface area (Å²) in [4.78, 5) is 7.86. The molecule has 0 amide bonds. The van der Waals surface area contributed by atoms with E-state index in [1.165, 1.54) is 6.20 Å². The molecule has 5 nitrogen and oxygen atoms in total. The number of hydrogen-bond acceptors (Lipinski definition) is 5. The highest BCUT2D eigenvalue weighted by Crippen LogP contribution is 2.23. The van der Waals surface area contributed by atoms with Crippen LogP contribution >= 0.6 is 0 Å². The van der Waals surface area contributed by atoms with Gasteiger partial charge in [0.25, 0.3) is 0 Å². The summed E-state index contributed by atoms with van der Waals surface area (Å²) in [6, 6.07) is 9.28. The van der Waals surface area contributed by atoms with Crippen molar-refractivity contribution in [2.75, 3.05) is 12.8 Å². The Morgan fingerprint density at radius 2 is 1.84 bits per heavy atom. The first kappa shape index (κ1) is 14.5. The molecule has 0 aliphatic rings. The van der Waals surface area contributed by atoms with Crippen LogP contribution in [0.4, 0.5) is 5.95 Å². The summed E-state index contributed by atoms with van der Waals surface area (Å²) in [6.07, 6.45) is 1.42. The lowest BCUT2D eigenvalue weighted by Crippen LogP contribution is -1.98. The summed E-state index contributed by atoms with van der Waals surface area (Å²) < 4.78 is 5.06. The number of nitriles is 1. The van der Waals surface area contributed by atoms with Crippen molar-refractivity contribution in [1.29, 1.82) is 5.26 Å². The van der Waals surface area contributed by atoms with Crippen molar-refractivity contribution in [2.24, 2.45) is 0 Å².